The molecule has 0 aliphatic carbocycles. The van der Waals surface area contributed by atoms with Crippen LogP contribution in [0.25, 0.3) is 0 Å². The van der Waals surface area contributed by atoms with Gasteiger partial charge in [-0.2, -0.15) is 0 Å². The number of hydrogen-bond acceptors (Lipinski definition) is 3. The summed E-state index contributed by atoms with van der Waals surface area (Å²) in [6, 6.07) is 3.37. The molecule has 18 heavy (non-hydrogen) atoms. The van der Waals surface area contributed by atoms with Gasteiger partial charge in [0.1, 0.15) is 11.6 Å². The summed E-state index contributed by atoms with van der Waals surface area (Å²) in [6.07, 6.45) is 3.25. The van der Waals surface area contributed by atoms with E-state index in [1.54, 1.807) is 19.3 Å². The van der Waals surface area contributed by atoms with Gasteiger partial charge in [-0.3, -0.25) is 4.79 Å². The number of nitrogens with zero attached hydrogens (tertiary/aromatic N) is 1. The van der Waals surface area contributed by atoms with Crippen LogP contribution in [-0.2, 0) is 0 Å². The topological polar surface area (TPSA) is 83.8 Å². The minimum atomic E-state index is -0.500. The molecule has 0 saturated carbocycles. The maximum atomic E-state index is 13.1. The molecule has 2 rings (SSSR count). The highest BCUT2D eigenvalue weighted by atomic mass is 19.1. The van der Waals surface area contributed by atoms with Gasteiger partial charge in [-0.1, -0.05) is 0 Å². The number of nitrogens with two attached hydrogens (primary N) is 1. The zero-order valence-electron chi connectivity index (χ0n) is 9.77. The first-order valence-corrected chi connectivity index (χ1v) is 5.43. The summed E-state index contributed by atoms with van der Waals surface area (Å²) in [7, 11) is 0. The van der Waals surface area contributed by atoms with Crippen molar-refractivity contribution in [3.8, 4) is 0 Å². The number of amides is 1. The number of halogens is 1. The molecule has 6 heteroatoms. The smallest absolute Gasteiger partial charge is 0.254 e. The zero-order valence-corrected chi connectivity index (χ0v) is 9.77. The van der Waals surface area contributed by atoms with Crippen LogP contribution >= 0.6 is 0 Å². The zero-order chi connectivity index (χ0) is 13.1. The Balaban J connectivity index is 2.15. The molecular formula is C12H13FN4O. The minimum Gasteiger partial charge on any atom is -0.398 e. The van der Waals surface area contributed by atoms with E-state index >= 15 is 0 Å². The lowest BCUT2D eigenvalue weighted by molar-refractivity contribution is 0.0939. The molecule has 0 aliphatic heterocycles. The summed E-state index contributed by atoms with van der Waals surface area (Å²) >= 11 is 0. The van der Waals surface area contributed by atoms with Crippen molar-refractivity contribution in [1.82, 2.24) is 15.3 Å². The number of anilines is 1. The quantitative estimate of drug-likeness (QED) is 0.722. The first-order chi connectivity index (χ1) is 8.58. The first-order valence-electron chi connectivity index (χ1n) is 5.43. The van der Waals surface area contributed by atoms with Crippen LogP contribution in [0, 0.1) is 5.82 Å². The third-order valence-corrected chi connectivity index (χ3v) is 2.54. The molecule has 94 valence electrons. The molecule has 1 atom stereocenters. The van der Waals surface area contributed by atoms with Gasteiger partial charge in [-0.15, -0.1) is 0 Å². The van der Waals surface area contributed by atoms with Crippen molar-refractivity contribution < 1.29 is 9.18 Å². The molecular weight excluding hydrogens is 235 g/mol. The van der Waals surface area contributed by atoms with Gasteiger partial charge in [0.05, 0.1) is 11.6 Å². The van der Waals surface area contributed by atoms with Gasteiger partial charge in [0.2, 0.25) is 0 Å². The molecule has 1 amide bonds. The van der Waals surface area contributed by atoms with Crippen molar-refractivity contribution in [2.24, 2.45) is 0 Å². The molecule has 0 spiro atoms. The van der Waals surface area contributed by atoms with E-state index in [1.165, 1.54) is 12.1 Å². The van der Waals surface area contributed by atoms with E-state index < -0.39 is 11.7 Å². The first kappa shape index (κ1) is 12.1. The van der Waals surface area contributed by atoms with Crippen molar-refractivity contribution >= 4 is 11.6 Å². The molecule has 1 heterocycles. The van der Waals surface area contributed by atoms with E-state index in [-0.39, 0.29) is 17.3 Å². The van der Waals surface area contributed by atoms with Crippen molar-refractivity contribution in [2.75, 3.05) is 5.73 Å². The van der Waals surface area contributed by atoms with E-state index in [0.29, 0.717) is 5.82 Å². The third kappa shape index (κ3) is 2.48. The van der Waals surface area contributed by atoms with Crippen molar-refractivity contribution in [2.45, 2.75) is 13.0 Å². The lowest BCUT2D eigenvalue weighted by Gasteiger charge is -2.12. The number of nitrogen functional groups attached to an aromatic ring is 1. The summed E-state index contributed by atoms with van der Waals surface area (Å²) in [4.78, 5) is 18.8. The highest BCUT2D eigenvalue weighted by Gasteiger charge is 2.15. The van der Waals surface area contributed by atoms with Crippen LogP contribution in [0.15, 0.2) is 30.6 Å². The SMILES string of the molecule is CC(NC(=O)c1cc(F)ccc1N)c1ncc[nH]1. The van der Waals surface area contributed by atoms with Crippen LogP contribution in [0.1, 0.15) is 29.1 Å². The van der Waals surface area contributed by atoms with E-state index in [2.05, 4.69) is 15.3 Å². The summed E-state index contributed by atoms with van der Waals surface area (Å²) in [5, 5.41) is 2.69. The maximum absolute atomic E-state index is 13.1. The second kappa shape index (κ2) is 4.87. The van der Waals surface area contributed by atoms with Crippen LogP contribution in [0.4, 0.5) is 10.1 Å². The van der Waals surface area contributed by atoms with Crippen LogP contribution in [-0.4, -0.2) is 15.9 Å². The summed E-state index contributed by atoms with van der Waals surface area (Å²) in [6.45, 7) is 1.77. The molecule has 0 bridgehead atoms. The highest BCUT2D eigenvalue weighted by molar-refractivity contribution is 5.99. The van der Waals surface area contributed by atoms with Crippen LogP contribution in [0.2, 0.25) is 0 Å². The fourth-order valence-electron chi connectivity index (χ4n) is 1.58. The number of nitrogens with one attached hydrogen (secondary N) is 2. The fraction of sp³-hybridized carbons (Fsp3) is 0.167. The Morgan fingerprint density at radius 2 is 2.33 bits per heavy atom. The van der Waals surface area contributed by atoms with Gasteiger partial charge in [-0.25, -0.2) is 9.37 Å². The number of H-pyrrole nitrogens is 1. The Kier molecular flexibility index (Phi) is 3.27. The van der Waals surface area contributed by atoms with Gasteiger partial charge in [-0.05, 0) is 25.1 Å². The number of rotatable bonds is 3. The number of hydrogen-bond donors (Lipinski definition) is 3. The number of carbonyl (C=O) groups is 1. The Morgan fingerprint density at radius 3 is 3.00 bits per heavy atom. The molecule has 1 aromatic heterocycles. The Hall–Kier alpha value is -2.37. The van der Waals surface area contributed by atoms with E-state index in [4.69, 9.17) is 5.73 Å². The van der Waals surface area contributed by atoms with Gasteiger partial charge < -0.3 is 16.0 Å². The van der Waals surface area contributed by atoms with Gasteiger partial charge in [0.25, 0.3) is 5.91 Å². The maximum Gasteiger partial charge on any atom is 0.254 e. The van der Waals surface area contributed by atoms with Crippen molar-refractivity contribution in [3.05, 3.63) is 47.8 Å². The van der Waals surface area contributed by atoms with Crippen molar-refractivity contribution in [3.63, 3.8) is 0 Å². The number of benzene rings is 1. The molecule has 1 aromatic carbocycles. The molecule has 0 saturated heterocycles. The van der Waals surface area contributed by atoms with Crippen LogP contribution in [0.5, 0.6) is 0 Å². The predicted octanol–water partition coefficient (Wildman–Crippen LogP) is 1.62. The average molecular weight is 248 g/mol. The highest BCUT2D eigenvalue weighted by Crippen LogP contribution is 2.15. The second-order valence-electron chi connectivity index (χ2n) is 3.90. The Morgan fingerprint density at radius 1 is 1.56 bits per heavy atom. The largest absolute Gasteiger partial charge is 0.398 e. The van der Waals surface area contributed by atoms with Crippen LogP contribution in [0.3, 0.4) is 0 Å². The molecule has 0 fully saturated rings. The molecule has 1 unspecified atom stereocenters. The lowest BCUT2D eigenvalue weighted by atomic mass is 10.1. The standard InChI is InChI=1S/C12H13FN4O/c1-7(11-15-4-5-16-11)17-12(18)9-6-8(13)2-3-10(9)14/h2-7H,14H2,1H3,(H,15,16)(H,17,18). The number of aromatic amines is 1. The average Bonchev–Trinajstić information content (AvgIpc) is 2.85. The summed E-state index contributed by atoms with van der Waals surface area (Å²) in [5.74, 6) is -0.311. The van der Waals surface area contributed by atoms with Gasteiger partial charge in [0.15, 0.2) is 0 Å². The number of aromatic nitrogens is 2. The van der Waals surface area contributed by atoms with Gasteiger partial charge >= 0.3 is 0 Å². The molecule has 5 nitrogen and oxygen atoms in total. The predicted molar refractivity (Wildman–Crippen MR) is 65.3 cm³/mol. The minimum absolute atomic E-state index is 0.119. The molecule has 2 aromatic rings. The number of carbonyl (C=O) groups excluding carboxylic acids is 1. The second-order valence-corrected chi connectivity index (χ2v) is 3.90. The summed E-state index contributed by atoms with van der Waals surface area (Å²) < 4.78 is 13.1. The molecule has 0 radical (unpaired) electrons. The normalized spacial score (nSPS) is 12.1. The fourth-order valence-corrected chi connectivity index (χ4v) is 1.58. The molecule has 4 N–H and O–H groups in total. The molecule has 0 aliphatic rings. The Bertz CT molecular complexity index is 553. The van der Waals surface area contributed by atoms with Gasteiger partial charge in [0, 0.05) is 18.1 Å². The van der Waals surface area contributed by atoms with E-state index in [9.17, 15) is 9.18 Å². The monoisotopic (exact) mass is 248 g/mol. The number of imidazole rings is 1. The van der Waals surface area contributed by atoms with Crippen molar-refractivity contribution in [1.29, 1.82) is 0 Å². The summed E-state index contributed by atoms with van der Waals surface area (Å²) in [5.41, 5.74) is 5.99. The Labute approximate surface area is 103 Å². The third-order valence-electron chi connectivity index (χ3n) is 2.54. The lowest BCUT2D eigenvalue weighted by Crippen LogP contribution is -2.28. The van der Waals surface area contributed by atoms with E-state index in [0.717, 1.165) is 6.07 Å². The van der Waals surface area contributed by atoms with Crippen LogP contribution < -0.4 is 11.1 Å². The van der Waals surface area contributed by atoms with E-state index in [1.807, 2.05) is 0 Å².